The number of imidazole rings is 1. The number of halogens is 4. The Labute approximate surface area is 208 Å². The van der Waals surface area contributed by atoms with Crippen LogP contribution in [0.1, 0.15) is 46.1 Å². The van der Waals surface area contributed by atoms with E-state index in [2.05, 4.69) is 21.2 Å². The Hall–Kier alpha value is -4.22. The summed E-state index contributed by atoms with van der Waals surface area (Å²) < 4.78 is 57.5. The molecular weight excluding hydrogens is 490 g/mol. The van der Waals surface area contributed by atoms with Gasteiger partial charge in [0.15, 0.2) is 0 Å². The highest BCUT2D eigenvalue weighted by Crippen LogP contribution is 2.37. The molecule has 0 radical (unpaired) electrons. The second-order valence-corrected chi connectivity index (χ2v) is 8.54. The molecule has 37 heavy (non-hydrogen) atoms. The first-order chi connectivity index (χ1) is 17.6. The van der Waals surface area contributed by atoms with Gasteiger partial charge in [-0.05, 0) is 48.4 Å². The van der Waals surface area contributed by atoms with Gasteiger partial charge in [-0.1, -0.05) is 30.3 Å². The number of nitrogens with one attached hydrogen (secondary N) is 3. The van der Waals surface area contributed by atoms with E-state index in [1.807, 2.05) is 6.07 Å². The predicted molar refractivity (Wildman–Crippen MR) is 129 cm³/mol. The molecular formula is C26H21F4N5O2. The van der Waals surface area contributed by atoms with Crippen LogP contribution < -0.4 is 16.2 Å². The lowest BCUT2D eigenvalue weighted by molar-refractivity contribution is -0.138. The average molecular weight is 511 g/mol. The van der Waals surface area contributed by atoms with Crippen LogP contribution in [0.3, 0.4) is 0 Å². The number of carbonyl (C=O) groups is 1. The molecule has 190 valence electrons. The lowest BCUT2D eigenvalue weighted by atomic mass is 9.96. The number of amides is 1. The molecule has 7 nitrogen and oxygen atoms in total. The highest BCUT2D eigenvalue weighted by molar-refractivity contribution is 6.06. The van der Waals surface area contributed by atoms with Crippen molar-refractivity contribution in [2.75, 3.05) is 5.32 Å². The molecule has 0 saturated carbocycles. The number of aliphatic hydroxyl groups is 1. The summed E-state index contributed by atoms with van der Waals surface area (Å²) in [5.41, 5.74) is 5.21. The molecule has 0 spiro atoms. The number of aromatic nitrogens is 2. The van der Waals surface area contributed by atoms with Crippen molar-refractivity contribution in [2.45, 2.75) is 25.2 Å². The highest BCUT2D eigenvalue weighted by Gasteiger charge is 2.37. The van der Waals surface area contributed by atoms with E-state index in [1.54, 1.807) is 53.9 Å². The van der Waals surface area contributed by atoms with E-state index in [4.69, 9.17) is 0 Å². The normalized spacial score (nSPS) is 16.1. The number of carbonyl (C=O) groups excluding carboxylic acids is 1. The summed E-state index contributed by atoms with van der Waals surface area (Å²) >= 11 is 0. The Balaban J connectivity index is 1.61. The van der Waals surface area contributed by atoms with Gasteiger partial charge in [0.05, 0.1) is 23.3 Å². The van der Waals surface area contributed by atoms with Crippen LogP contribution in [-0.2, 0) is 6.18 Å². The number of hydrogen-bond acceptors (Lipinski definition) is 5. The van der Waals surface area contributed by atoms with Gasteiger partial charge in [0, 0.05) is 18.0 Å². The summed E-state index contributed by atoms with van der Waals surface area (Å²) in [4.78, 5) is 17.9. The maximum atomic E-state index is 14.9. The zero-order chi connectivity index (χ0) is 26.3. The maximum Gasteiger partial charge on any atom is 0.416 e. The molecule has 2 atom stereocenters. The summed E-state index contributed by atoms with van der Waals surface area (Å²) in [5.74, 6) is -2.05. The molecule has 1 aliphatic heterocycles. The predicted octanol–water partition coefficient (Wildman–Crippen LogP) is 5.13. The Morgan fingerprint density at radius 2 is 1.92 bits per heavy atom. The molecule has 4 aromatic rings. The van der Waals surface area contributed by atoms with Crippen LogP contribution >= 0.6 is 0 Å². The smallest absolute Gasteiger partial charge is 0.389 e. The number of hydrazine groups is 1. The third kappa shape index (κ3) is 4.66. The zero-order valence-electron chi connectivity index (χ0n) is 19.3. The summed E-state index contributed by atoms with van der Waals surface area (Å²) in [6.45, 7) is 1.60. The first-order valence-corrected chi connectivity index (χ1v) is 11.3. The Morgan fingerprint density at radius 3 is 2.57 bits per heavy atom. The molecule has 0 bridgehead atoms. The van der Waals surface area contributed by atoms with Crippen LogP contribution in [0.2, 0.25) is 0 Å². The number of benzene rings is 2. The van der Waals surface area contributed by atoms with Gasteiger partial charge in [-0.2, -0.15) is 13.2 Å². The number of fused-ring (bicyclic) bond motifs is 1. The van der Waals surface area contributed by atoms with Crippen LogP contribution in [0.5, 0.6) is 0 Å². The summed E-state index contributed by atoms with van der Waals surface area (Å²) in [6.07, 6.45) is -1.14. The van der Waals surface area contributed by atoms with Gasteiger partial charge in [-0.15, -0.1) is 0 Å². The molecule has 2 unspecified atom stereocenters. The lowest BCUT2D eigenvalue weighted by Gasteiger charge is -2.19. The third-order valence-corrected chi connectivity index (χ3v) is 6.05. The van der Waals surface area contributed by atoms with E-state index in [1.165, 1.54) is 12.3 Å². The number of rotatable bonds is 5. The molecule has 2 aromatic carbocycles. The van der Waals surface area contributed by atoms with E-state index in [0.29, 0.717) is 28.5 Å². The minimum absolute atomic E-state index is 0.199. The quantitative estimate of drug-likeness (QED) is 0.279. The summed E-state index contributed by atoms with van der Waals surface area (Å²) in [5, 5.41) is 12.6. The molecule has 11 heteroatoms. The Kier molecular flexibility index (Phi) is 6.18. The van der Waals surface area contributed by atoms with E-state index >= 15 is 0 Å². The van der Waals surface area contributed by atoms with Crippen molar-refractivity contribution in [2.24, 2.45) is 0 Å². The minimum Gasteiger partial charge on any atom is -0.389 e. The fraction of sp³-hybridized carbons (Fsp3) is 0.154. The second-order valence-electron chi connectivity index (χ2n) is 8.54. The van der Waals surface area contributed by atoms with E-state index in [0.717, 1.165) is 6.07 Å². The van der Waals surface area contributed by atoms with Crippen molar-refractivity contribution in [1.29, 1.82) is 0 Å². The maximum absolute atomic E-state index is 14.9. The van der Waals surface area contributed by atoms with Crippen LogP contribution in [-0.4, -0.2) is 20.4 Å². The number of hydrogen-bond donors (Lipinski definition) is 4. The number of pyridine rings is 1. The summed E-state index contributed by atoms with van der Waals surface area (Å²) in [7, 11) is 0. The van der Waals surface area contributed by atoms with Crippen molar-refractivity contribution in [1.82, 2.24) is 20.2 Å². The van der Waals surface area contributed by atoms with Gasteiger partial charge in [-0.3, -0.25) is 9.20 Å². The fourth-order valence-corrected chi connectivity index (χ4v) is 4.19. The average Bonchev–Trinajstić information content (AvgIpc) is 3.52. The number of anilines is 1. The van der Waals surface area contributed by atoms with E-state index < -0.39 is 41.2 Å². The van der Waals surface area contributed by atoms with Gasteiger partial charge in [-0.25, -0.2) is 14.8 Å². The van der Waals surface area contributed by atoms with Gasteiger partial charge >= 0.3 is 6.18 Å². The molecule has 3 heterocycles. The highest BCUT2D eigenvalue weighted by atomic mass is 19.4. The van der Waals surface area contributed by atoms with Gasteiger partial charge in [0.25, 0.3) is 5.91 Å². The summed E-state index contributed by atoms with van der Waals surface area (Å²) in [6, 6.07) is 12.5. The molecule has 1 amide bonds. The van der Waals surface area contributed by atoms with Crippen molar-refractivity contribution < 1.29 is 27.5 Å². The van der Waals surface area contributed by atoms with Gasteiger partial charge in [0.2, 0.25) is 0 Å². The van der Waals surface area contributed by atoms with Gasteiger partial charge < -0.3 is 15.8 Å². The molecule has 5 rings (SSSR count). The molecule has 0 saturated heterocycles. The zero-order valence-corrected chi connectivity index (χ0v) is 19.3. The standard InChI is InChI=1S/C26H21F4N5O2/c1-14(36)16-8-10-35-22(11-16)32-23(15-5-3-2-4-6-15)24(35)33-25(37)18-12-17(21-7-9-31-34-21)19(13-20(18)27)26(28,29)30/h2-14,21,31,34,36H,1H3,(H,33,37). The van der Waals surface area contributed by atoms with Crippen molar-refractivity contribution in [3.05, 3.63) is 101 Å². The van der Waals surface area contributed by atoms with Crippen molar-refractivity contribution >= 4 is 17.4 Å². The fourth-order valence-electron chi connectivity index (χ4n) is 4.19. The first-order valence-electron chi connectivity index (χ1n) is 11.3. The first kappa shape index (κ1) is 24.5. The van der Waals surface area contributed by atoms with E-state index in [9.17, 15) is 27.5 Å². The van der Waals surface area contributed by atoms with E-state index in [-0.39, 0.29) is 11.4 Å². The largest absolute Gasteiger partial charge is 0.416 e. The monoisotopic (exact) mass is 511 g/mol. The Bertz CT molecular complexity index is 1510. The molecule has 0 fully saturated rings. The number of aliphatic hydroxyl groups excluding tert-OH is 1. The van der Waals surface area contributed by atoms with Crippen molar-refractivity contribution in [3.63, 3.8) is 0 Å². The Morgan fingerprint density at radius 1 is 1.16 bits per heavy atom. The third-order valence-electron chi connectivity index (χ3n) is 6.05. The van der Waals surface area contributed by atoms with Gasteiger partial charge in [0.1, 0.15) is 23.0 Å². The molecule has 4 N–H and O–H groups in total. The molecule has 2 aromatic heterocycles. The second kappa shape index (κ2) is 9.34. The molecule has 1 aliphatic rings. The number of nitrogens with zero attached hydrogens (tertiary/aromatic N) is 2. The van der Waals surface area contributed by atoms with Crippen LogP contribution in [0.15, 0.2) is 73.1 Å². The topological polar surface area (TPSA) is 90.7 Å². The minimum atomic E-state index is -4.83. The van der Waals surface area contributed by atoms with Crippen LogP contribution in [0, 0.1) is 5.82 Å². The lowest BCUT2D eigenvalue weighted by Crippen LogP contribution is -2.27. The SMILES string of the molecule is CC(O)c1ccn2c(NC(=O)c3cc(C4C=CNN4)c(C(F)(F)F)cc3F)c(-c3ccccc3)nc2c1. The molecule has 0 aliphatic carbocycles. The van der Waals surface area contributed by atoms with Crippen LogP contribution in [0.4, 0.5) is 23.4 Å². The van der Waals surface area contributed by atoms with Crippen molar-refractivity contribution in [3.8, 4) is 11.3 Å². The van der Waals surface area contributed by atoms with Crippen LogP contribution in [0.25, 0.3) is 16.9 Å². The number of alkyl halides is 3.